The number of nitrogens with one attached hydrogen (secondary N) is 11. The smallest absolute Gasteiger partial charge is 0.245 e. The molecule has 1 fully saturated rings. The lowest BCUT2D eigenvalue weighted by Gasteiger charge is -2.32. The number of nitrogens with two attached hydrogens (primary N) is 1. The van der Waals surface area contributed by atoms with Gasteiger partial charge in [-0.15, -0.1) is 0 Å². The fraction of sp³-hybridized carbons (Fsp3) is 0.551. The maximum absolute atomic E-state index is 14.4. The molecule has 9 amide bonds. The van der Waals surface area contributed by atoms with Crippen LogP contribution in [0.25, 0.3) is 0 Å². The Morgan fingerprint density at radius 2 is 1.12 bits per heavy atom. The molecule has 2 aromatic carbocycles. The van der Waals surface area contributed by atoms with E-state index in [2.05, 4.69) is 53.2 Å². The van der Waals surface area contributed by atoms with Gasteiger partial charge in [-0.1, -0.05) is 95.3 Å². The van der Waals surface area contributed by atoms with Gasteiger partial charge in [-0.3, -0.25) is 48.6 Å². The van der Waals surface area contributed by atoms with Crippen LogP contribution in [0, 0.1) is 23.2 Å². The van der Waals surface area contributed by atoms with Crippen molar-refractivity contribution in [3.05, 3.63) is 71.8 Å². The Morgan fingerprint density at radius 3 is 1.69 bits per heavy atom. The number of amides is 9. The first-order valence-electron chi connectivity index (χ1n) is 24.4. The maximum atomic E-state index is 14.4. The van der Waals surface area contributed by atoms with Gasteiger partial charge in [0.05, 0.1) is 43.9 Å². The molecule has 1 unspecified atom stereocenters. The van der Waals surface area contributed by atoms with Crippen molar-refractivity contribution in [1.82, 2.24) is 53.2 Å². The lowest BCUT2D eigenvalue weighted by atomic mass is 9.91. The molecule has 1 heterocycles. The van der Waals surface area contributed by atoms with Crippen molar-refractivity contribution >= 4 is 59.1 Å². The van der Waals surface area contributed by atoms with Gasteiger partial charge in [0.2, 0.25) is 53.2 Å². The van der Waals surface area contributed by atoms with Crippen LogP contribution >= 0.6 is 0 Å². The second-order valence-electron chi connectivity index (χ2n) is 18.9. The molecule has 1 aliphatic rings. The average molecular weight is 1040 g/mol. The summed E-state index contributed by atoms with van der Waals surface area (Å²) in [5.74, 6) is -11.4. The van der Waals surface area contributed by atoms with Crippen molar-refractivity contribution in [2.24, 2.45) is 23.5 Å². The number of aliphatic hydroxyl groups excluding tert-OH is 4. The number of carbonyl (C=O) groups excluding carboxylic acids is 9. The van der Waals surface area contributed by atoms with E-state index < -0.39 is 145 Å². The van der Waals surface area contributed by atoms with Crippen molar-refractivity contribution < 1.29 is 63.6 Å². The van der Waals surface area contributed by atoms with Crippen LogP contribution in [0.5, 0.6) is 0 Å². The molecule has 11 atom stereocenters. The van der Waals surface area contributed by atoms with Gasteiger partial charge in [0.15, 0.2) is 5.96 Å². The third kappa shape index (κ3) is 19.3. The first-order valence-corrected chi connectivity index (χ1v) is 24.4. The highest BCUT2D eigenvalue weighted by atomic mass is 16.3. The van der Waals surface area contributed by atoms with Gasteiger partial charge in [0.1, 0.15) is 42.3 Å². The Bertz CT molecular complexity index is 2240. The fourth-order valence-corrected chi connectivity index (χ4v) is 7.75. The van der Waals surface area contributed by atoms with Gasteiger partial charge in [0.25, 0.3) is 0 Å². The molecule has 2 aromatic rings. The molecule has 0 radical (unpaired) electrons. The van der Waals surface area contributed by atoms with Crippen LogP contribution in [0.1, 0.15) is 78.0 Å². The summed E-state index contributed by atoms with van der Waals surface area (Å²) in [5, 5.41) is 74.9. The second-order valence-corrected chi connectivity index (χ2v) is 18.9. The second kappa shape index (κ2) is 30.1. The summed E-state index contributed by atoms with van der Waals surface area (Å²) in [5.41, 5.74) is 6.38. The SMILES string of the molecule is CC(C)C[C@@H]1NC(=O)[C@H]([C@H](O)C(C)C)NC(=O)[C@@H](C)[C@@H](c2ccccc2)NC(=O)C(CO)NC(=O)[C@H](CO)NC(=O)CNC(=O)[C@H]([C@H](C)O)NC(=O)[C@H](Cc2ccccc2)NC(=O)[C@@H](CCCNC(=N)N)NC1=O. The van der Waals surface area contributed by atoms with Crippen molar-refractivity contribution in [3.63, 3.8) is 0 Å². The van der Waals surface area contributed by atoms with Crippen LogP contribution in [0.4, 0.5) is 0 Å². The zero-order valence-electron chi connectivity index (χ0n) is 42.5. The molecule has 408 valence electrons. The molecule has 3 rings (SSSR count). The van der Waals surface area contributed by atoms with Crippen LogP contribution in [0.15, 0.2) is 60.7 Å². The number of benzene rings is 2. The number of aliphatic hydroxyl groups is 4. The summed E-state index contributed by atoms with van der Waals surface area (Å²) in [6.45, 7) is 6.48. The summed E-state index contributed by atoms with van der Waals surface area (Å²) in [7, 11) is 0. The van der Waals surface area contributed by atoms with E-state index in [1.54, 1.807) is 88.4 Å². The predicted molar refractivity (Wildman–Crippen MR) is 268 cm³/mol. The van der Waals surface area contributed by atoms with Gasteiger partial charge in [-0.25, -0.2) is 0 Å². The van der Waals surface area contributed by atoms with E-state index in [9.17, 15) is 63.6 Å². The van der Waals surface area contributed by atoms with Crippen molar-refractivity contribution in [1.29, 1.82) is 5.41 Å². The molecule has 0 saturated carbocycles. The Balaban J connectivity index is 2.18. The first-order chi connectivity index (χ1) is 35.0. The van der Waals surface area contributed by atoms with Crippen LogP contribution in [-0.4, -0.2) is 160 Å². The summed E-state index contributed by atoms with van der Waals surface area (Å²) >= 11 is 0. The summed E-state index contributed by atoms with van der Waals surface area (Å²) < 4.78 is 0. The number of hydrogen-bond acceptors (Lipinski definition) is 14. The van der Waals surface area contributed by atoms with E-state index in [1.165, 1.54) is 13.8 Å². The Hall–Kier alpha value is -7.22. The van der Waals surface area contributed by atoms with Crippen molar-refractivity contribution in [2.45, 2.75) is 128 Å². The molecule has 0 bridgehead atoms. The first kappa shape index (κ1) is 61.1. The average Bonchev–Trinajstić information content (AvgIpc) is 3.36. The molecule has 25 nitrogen and oxygen atoms in total. The molecule has 0 spiro atoms. The quantitative estimate of drug-likeness (QED) is 0.0486. The number of carbonyl (C=O) groups is 9. The van der Waals surface area contributed by atoms with Gasteiger partial charge >= 0.3 is 0 Å². The molecule has 1 saturated heterocycles. The highest BCUT2D eigenvalue weighted by molar-refractivity contribution is 5.98. The fourth-order valence-electron chi connectivity index (χ4n) is 7.75. The summed E-state index contributed by atoms with van der Waals surface area (Å²) in [6, 6.07) is 4.04. The minimum absolute atomic E-state index is 0.0140. The van der Waals surface area contributed by atoms with Gasteiger partial charge in [-0.05, 0) is 49.1 Å². The maximum Gasteiger partial charge on any atom is 0.245 e. The van der Waals surface area contributed by atoms with E-state index >= 15 is 0 Å². The highest BCUT2D eigenvalue weighted by Crippen LogP contribution is 2.23. The zero-order valence-corrected chi connectivity index (χ0v) is 42.5. The van der Waals surface area contributed by atoms with E-state index in [4.69, 9.17) is 11.1 Å². The minimum atomic E-state index is -1.74. The molecule has 25 heteroatoms. The Morgan fingerprint density at radius 1 is 0.622 bits per heavy atom. The lowest BCUT2D eigenvalue weighted by molar-refractivity contribution is -0.138. The third-order valence-corrected chi connectivity index (χ3v) is 12.0. The van der Waals surface area contributed by atoms with E-state index in [0.717, 1.165) is 0 Å². The number of guanidine groups is 1. The van der Waals surface area contributed by atoms with E-state index in [1.807, 2.05) is 0 Å². The minimum Gasteiger partial charge on any atom is -0.394 e. The molecule has 74 heavy (non-hydrogen) atoms. The van der Waals surface area contributed by atoms with Crippen LogP contribution in [-0.2, 0) is 49.6 Å². The van der Waals surface area contributed by atoms with Gasteiger partial charge in [-0.2, -0.15) is 0 Å². The monoisotopic (exact) mass is 1040 g/mol. The van der Waals surface area contributed by atoms with E-state index in [-0.39, 0.29) is 44.1 Å². The van der Waals surface area contributed by atoms with Crippen LogP contribution < -0.4 is 58.9 Å². The largest absolute Gasteiger partial charge is 0.394 e. The predicted octanol–water partition coefficient (Wildman–Crippen LogP) is -4.06. The normalized spacial score (nSPS) is 25.7. The number of rotatable bonds is 14. The summed E-state index contributed by atoms with van der Waals surface area (Å²) in [4.78, 5) is 125. The van der Waals surface area contributed by atoms with Gasteiger partial charge in [0, 0.05) is 13.0 Å². The highest BCUT2D eigenvalue weighted by Gasteiger charge is 2.39. The van der Waals surface area contributed by atoms with E-state index in [0.29, 0.717) is 11.1 Å². The van der Waals surface area contributed by atoms with Gasteiger partial charge < -0.3 is 79.3 Å². The molecule has 0 aromatic heterocycles. The zero-order chi connectivity index (χ0) is 55.2. The molecule has 0 aliphatic carbocycles. The Kier molecular flexibility index (Phi) is 24.8. The van der Waals surface area contributed by atoms with Crippen molar-refractivity contribution in [2.75, 3.05) is 26.3 Å². The van der Waals surface area contributed by atoms with Crippen LogP contribution in [0.3, 0.4) is 0 Å². The molecular weight excluding hydrogens is 965 g/mol. The van der Waals surface area contributed by atoms with Crippen LogP contribution in [0.2, 0.25) is 0 Å². The Labute approximate surface area is 429 Å². The molecule has 17 N–H and O–H groups in total. The third-order valence-electron chi connectivity index (χ3n) is 12.0. The van der Waals surface area contributed by atoms with Crippen molar-refractivity contribution in [3.8, 4) is 0 Å². The summed E-state index contributed by atoms with van der Waals surface area (Å²) in [6.07, 6.45) is -3.31. The molecular formula is C49H74N12O13. The number of hydrogen-bond donors (Lipinski definition) is 16. The standard InChI is InChI=1S/C49H74N12O13/c1-25(2)20-32-43(69)55-31(18-13-19-52-49(50)51)42(68)56-33(21-29-14-9-7-10-15-29)44(70)60-38(28(6)64)47(73)53-22-36(65)54-34(23-62)45(71)58-35(24-63)46(72)59-37(30-16-11-8-12-17-30)27(5)41(67)61-39(48(74)57-32)40(66)26(3)4/h7-12,14-17,25-28,31-35,37-40,62-64,66H,13,18-24H2,1-6H3,(H,53,73)(H,54,65)(H,55,69)(H,56,68)(H,57,74)(H,58,71)(H,59,72)(H,60,70)(H,61,67)(H4,50,51,52)/t27-,28-,31+,32-,33-,34-,35?,37-,38-,39-,40+/m0/s1. The topological polar surface area (TPSA) is 405 Å². The lowest BCUT2D eigenvalue weighted by Crippen LogP contribution is -2.62. The molecule has 1 aliphatic heterocycles.